The summed E-state index contributed by atoms with van der Waals surface area (Å²) in [7, 11) is 1.58. The molecule has 2 aromatic rings. The highest BCUT2D eigenvalue weighted by Gasteiger charge is 2.04. The van der Waals surface area contributed by atoms with Gasteiger partial charge in [0, 0.05) is 33.4 Å². The zero-order valence-electron chi connectivity index (χ0n) is 10.9. The van der Waals surface area contributed by atoms with Crippen LogP contribution in [0.1, 0.15) is 11.1 Å². The van der Waals surface area contributed by atoms with E-state index in [9.17, 15) is 5.11 Å². The Morgan fingerprint density at radius 3 is 2.70 bits per heavy atom. The second-order valence-corrected chi connectivity index (χ2v) is 5.13. The Balaban J connectivity index is 1.95. The molecule has 4 nitrogen and oxygen atoms in total. The number of nitrogens with zero attached hydrogens (tertiary/aromatic N) is 1. The molecule has 0 saturated heterocycles. The van der Waals surface area contributed by atoms with Gasteiger partial charge in [0.15, 0.2) is 0 Å². The van der Waals surface area contributed by atoms with Gasteiger partial charge >= 0.3 is 0 Å². The Morgan fingerprint density at radius 1 is 1.25 bits per heavy atom. The van der Waals surface area contributed by atoms with Crippen LogP contribution in [0.2, 0.25) is 10.0 Å². The number of halogens is 2. The summed E-state index contributed by atoms with van der Waals surface area (Å²) in [5.74, 6) is 0.414. The first-order valence-electron chi connectivity index (χ1n) is 6.05. The van der Waals surface area contributed by atoms with Crippen molar-refractivity contribution in [2.75, 3.05) is 7.11 Å². The van der Waals surface area contributed by atoms with E-state index in [0.717, 1.165) is 5.56 Å². The predicted molar refractivity (Wildman–Crippen MR) is 76.0 cm³/mol. The number of rotatable bonds is 5. The summed E-state index contributed by atoms with van der Waals surface area (Å²) >= 11 is 11.7. The second-order valence-electron chi connectivity index (χ2n) is 4.28. The Morgan fingerprint density at radius 2 is 2.05 bits per heavy atom. The number of ether oxygens (including phenoxy) is 1. The van der Waals surface area contributed by atoms with Crippen molar-refractivity contribution >= 4 is 23.2 Å². The molecule has 20 heavy (non-hydrogen) atoms. The van der Waals surface area contributed by atoms with Crippen molar-refractivity contribution in [3.05, 3.63) is 51.6 Å². The molecule has 0 fully saturated rings. The zero-order chi connectivity index (χ0) is 14.5. The topological polar surface area (TPSA) is 61.8 Å². The fourth-order valence-electron chi connectivity index (χ4n) is 1.81. The van der Waals surface area contributed by atoms with Crippen molar-refractivity contribution < 1.29 is 15.2 Å². The van der Waals surface area contributed by atoms with Gasteiger partial charge in [0.25, 0.3) is 0 Å². The first-order chi connectivity index (χ1) is 9.60. The highest BCUT2D eigenvalue weighted by Crippen LogP contribution is 2.28. The van der Waals surface area contributed by atoms with Crippen LogP contribution < -0.4 is 15.2 Å². The monoisotopic (exact) mass is 312 g/mol. The number of aromatic nitrogens is 1. The fraction of sp³-hybridized carbons (Fsp3) is 0.214. The van der Waals surface area contributed by atoms with E-state index in [-0.39, 0.29) is 10.8 Å². The van der Waals surface area contributed by atoms with Crippen molar-refractivity contribution in [3.8, 4) is 11.6 Å². The SMILES string of the molecule is COc1ccc(C[NH2+]Cc2cc(Cl)cc(Cl)c2[O-])cn1. The predicted octanol–water partition coefficient (Wildman–Crippen LogP) is 1.73. The van der Waals surface area contributed by atoms with Gasteiger partial charge in [-0.1, -0.05) is 29.0 Å². The lowest BCUT2D eigenvalue weighted by Crippen LogP contribution is -2.80. The maximum Gasteiger partial charge on any atom is 0.212 e. The number of benzene rings is 1. The van der Waals surface area contributed by atoms with Crippen molar-refractivity contribution in [2.45, 2.75) is 13.1 Å². The van der Waals surface area contributed by atoms with Gasteiger partial charge in [-0.25, -0.2) is 4.98 Å². The minimum absolute atomic E-state index is 0.159. The van der Waals surface area contributed by atoms with Crippen LogP contribution in [0.15, 0.2) is 30.5 Å². The summed E-state index contributed by atoms with van der Waals surface area (Å²) in [5, 5.41) is 14.4. The molecule has 0 atom stereocenters. The van der Waals surface area contributed by atoms with Crippen LogP contribution in [-0.2, 0) is 13.1 Å². The number of pyridine rings is 1. The van der Waals surface area contributed by atoms with E-state index in [4.69, 9.17) is 27.9 Å². The van der Waals surface area contributed by atoms with E-state index in [1.165, 1.54) is 6.07 Å². The summed E-state index contributed by atoms with van der Waals surface area (Å²) in [4.78, 5) is 4.12. The second kappa shape index (κ2) is 6.79. The lowest BCUT2D eigenvalue weighted by Gasteiger charge is -2.15. The molecule has 2 N–H and O–H groups in total. The summed E-state index contributed by atoms with van der Waals surface area (Å²) in [6.45, 7) is 1.23. The smallest absolute Gasteiger partial charge is 0.212 e. The number of hydrogen-bond donors (Lipinski definition) is 1. The van der Waals surface area contributed by atoms with Gasteiger partial charge in [0.2, 0.25) is 5.88 Å². The van der Waals surface area contributed by atoms with E-state index in [2.05, 4.69) is 4.98 Å². The fourth-order valence-corrected chi connectivity index (χ4v) is 2.35. The minimum atomic E-state index is -0.167. The summed E-state index contributed by atoms with van der Waals surface area (Å²) in [5.41, 5.74) is 1.65. The van der Waals surface area contributed by atoms with E-state index < -0.39 is 0 Å². The summed E-state index contributed by atoms with van der Waals surface area (Å²) in [6, 6.07) is 6.85. The quantitative estimate of drug-likeness (QED) is 0.914. The Labute approximate surface area is 127 Å². The Kier molecular flexibility index (Phi) is 5.06. The summed E-state index contributed by atoms with van der Waals surface area (Å²) < 4.78 is 4.99. The lowest BCUT2D eigenvalue weighted by atomic mass is 10.2. The molecular formula is C14H14Cl2N2O2. The first-order valence-corrected chi connectivity index (χ1v) is 6.81. The van der Waals surface area contributed by atoms with Crippen LogP contribution >= 0.6 is 23.2 Å². The summed E-state index contributed by atoms with van der Waals surface area (Å²) in [6.07, 6.45) is 1.75. The molecule has 0 unspecified atom stereocenters. The van der Waals surface area contributed by atoms with Gasteiger partial charge in [-0.15, -0.1) is 0 Å². The molecule has 0 amide bonds. The van der Waals surface area contributed by atoms with Crippen LogP contribution in [0.5, 0.6) is 11.6 Å². The van der Waals surface area contributed by atoms with Gasteiger partial charge in [0.1, 0.15) is 13.1 Å². The molecule has 1 aromatic carbocycles. The maximum atomic E-state index is 11.8. The average Bonchev–Trinajstić information content (AvgIpc) is 2.44. The molecule has 0 saturated carbocycles. The number of quaternary nitrogens is 1. The molecule has 2 rings (SSSR count). The van der Waals surface area contributed by atoms with E-state index >= 15 is 0 Å². The van der Waals surface area contributed by atoms with Crippen molar-refractivity contribution in [2.24, 2.45) is 0 Å². The van der Waals surface area contributed by atoms with E-state index in [0.29, 0.717) is 29.6 Å². The van der Waals surface area contributed by atoms with Gasteiger partial charge in [-0.3, -0.25) is 0 Å². The van der Waals surface area contributed by atoms with Crippen LogP contribution in [0, 0.1) is 0 Å². The molecule has 0 aliphatic carbocycles. The highest BCUT2D eigenvalue weighted by molar-refractivity contribution is 6.35. The van der Waals surface area contributed by atoms with Crippen molar-refractivity contribution in [1.29, 1.82) is 0 Å². The largest absolute Gasteiger partial charge is 0.871 e. The van der Waals surface area contributed by atoms with Crippen molar-refractivity contribution in [1.82, 2.24) is 4.98 Å². The third kappa shape index (κ3) is 3.76. The van der Waals surface area contributed by atoms with Crippen LogP contribution in [-0.4, -0.2) is 12.1 Å². The van der Waals surface area contributed by atoms with E-state index in [1.54, 1.807) is 25.4 Å². The molecule has 106 valence electrons. The zero-order valence-corrected chi connectivity index (χ0v) is 12.4. The molecular weight excluding hydrogens is 299 g/mol. The third-order valence-corrected chi connectivity index (χ3v) is 3.34. The van der Waals surface area contributed by atoms with Crippen LogP contribution in [0.3, 0.4) is 0 Å². The molecule has 1 aromatic heterocycles. The standard InChI is InChI=1S/C14H14Cl2N2O2/c1-20-13-3-2-9(7-18-13)6-17-8-10-4-11(15)5-12(16)14(10)19/h2-5,7,17,19H,6,8H2,1H3. The Hall–Kier alpha value is -1.49. The molecule has 0 aliphatic rings. The molecule has 6 heteroatoms. The first kappa shape index (κ1) is 14.9. The molecule has 0 spiro atoms. The number of methoxy groups -OCH3 is 1. The molecule has 1 heterocycles. The Bertz CT molecular complexity index is 588. The number of nitrogens with two attached hydrogens (primary N) is 1. The van der Waals surface area contributed by atoms with Crippen LogP contribution in [0.25, 0.3) is 0 Å². The van der Waals surface area contributed by atoms with Gasteiger partial charge in [-0.2, -0.15) is 0 Å². The number of hydrogen-bond acceptors (Lipinski definition) is 3. The highest BCUT2D eigenvalue weighted by atomic mass is 35.5. The average molecular weight is 313 g/mol. The van der Waals surface area contributed by atoms with Crippen molar-refractivity contribution in [3.63, 3.8) is 0 Å². The maximum absolute atomic E-state index is 11.8. The van der Waals surface area contributed by atoms with Gasteiger partial charge in [-0.05, 0) is 18.2 Å². The van der Waals surface area contributed by atoms with Gasteiger partial charge < -0.3 is 15.2 Å². The van der Waals surface area contributed by atoms with E-state index in [1.807, 2.05) is 11.4 Å². The third-order valence-electron chi connectivity index (χ3n) is 2.84. The molecule has 0 bridgehead atoms. The van der Waals surface area contributed by atoms with Crippen LogP contribution in [0.4, 0.5) is 0 Å². The normalized spacial score (nSPS) is 10.6. The molecule has 0 radical (unpaired) electrons. The minimum Gasteiger partial charge on any atom is -0.871 e. The molecule has 0 aliphatic heterocycles. The lowest BCUT2D eigenvalue weighted by molar-refractivity contribution is -0.686. The van der Waals surface area contributed by atoms with Gasteiger partial charge in [0.05, 0.1) is 7.11 Å².